The molecule has 0 saturated heterocycles. The molecule has 1 aromatic carbocycles. The van der Waals surface area contributed by atoms with Gasteiger partial charge in [0.25, 0.3) is 0 Å². The highest BCUT2D eigenvalue weighted by atomic mass is 16.5. The van der Waals surface area contributed by atoms with Crippen LogP contribution in [0.3, 0.4) is 0 Å². The van der Waals surface area contributed by atoms with E-state index < -0.39 is 0 Å². The number of hydrogen-bond donors (Lipinski definition) is 0. The summed E-state index contributed by atoms with van der Waals surface area (Å²) in [7, 11) is 1.70. The van der Waals surface area contributed by atoms with Crippen molar-refractivity contribution in [3.8, 4) is 0 Å². The molecule has 2 rings (SSSR count). The molecule has 74 valence electrons. The molecule has 0 spiro atoms. The lowest BCUT2D eigenvalue weighted by Gasteiger charge is -1.97. The molecule has 0 bridgehead atoms. The van der Waals surface area contributed by atoms with Crippen molar-refractivity contribution in [2.24, 2.45) is 0 Å². The summed E-state index contributed by atoms with van der Waals surface area (Å²) in [6.45, 7) is 4.65. The second-order valence-corrected chi connectivity index (χ2v) is 3.57. The largest absolute Gasteiger partial charge is 0.461 e. The number of fused-ring (bicyclic) bond motifs is 1. The molecular weight excluding hydrogens is 176 g/mol. The van der Waals surface area contributed by atoms with Crippen LogP contribution >= 0.6 is 0 Å². The van der Waals surface area contributed by atoms with Gasteiger partial charge in [-0.2, -0.15) is 0 Å². The van der Waals surface area contributed by atoms with Gasteiger partial charge in [0.15, 0.2) is 0 Å². The van der Waals surface area contributed by atoms with Crippen LogP contribution in [-0.2, 0) is 11.3 Å². The predicted octanol–water partition coefficient (Wildman–Crippen LogP) is 3.20. The van der Waals surface area contributed by atoms with Crippen molar-refractivity contribution in [2.45, 2.75) is 20.5 Å². The topological polar surface area (TPSA) is 22.4 Å². The molecule has 0 unspecified atom stereocenters. The Hall–Kier alpha value is -1.28. The second kappa shape index (κ2) is 3.46. The van der Waals surface area contributed by atoms with Gasteiger partial charge < -0.3 is 9.15 Å². The summed E-state index contributed by atoms with van der Waals surface area (Å²) in [6.07, 6.45) is 0. The normalized spacial score (nSPS) is 11.1. The molecule has 0 aliphatic heterocycles. The molecule has 14 heavy (non-hydrogen) atoms. The number of benzene rings is 1. The van der Waals surface area contributed by atoms with Crippen molar-refractivity contribution in [1.29, 1.82) is 0 Å². The third kappa shape index (κ3) is 1.42. The summed E-state index contributed by atoms with van der Waals surface area (Å²) >= 11 is 0. The van der Waals surface area contributed by atoms with Crippen LogP contribution in [0.25, 0.3) is 11.0 Å². The second-order valence-electron chi connectivity index (χ2n) is 3.57. The Labute approximate surface area is 83.5 Å². The minimum atomic E-state index is 0.613. The van der Waals surface area contributed by atoms with Gasteiger partial charge in [-0.3, -0.25) is 0 Å². The Morgan fingerprint density at radius 2 is 2.07 bits per heavy atom. The van der Waals surface area contributed by atoms with E-state index in [1.165, 1.54) is 5.56 Å². The van der Waals surface area contributed by atoms with Gasteiger partial charge in [0.2, 0.25) is 0 Å². The first kappa shape index (κ1) is 9.28. The van der Waals surface area contributed by atoms with Crippen molar-refractivity contribution in [2.75, 3.05) is 7.11 Å². The molecule has 0 amide bonds. The number of methoxy groups -OCH3 is 1. The Bertz CT molecular complexity index is 455. The van der Waals surface area contributed by atoms with Crippen molar-refractivity contribution in [3.63, 3.8) is 0 Å². The average Bonchev–Trinajstić information content (AvgIpc) is 2.43. The van der Waals surface area contributed by atoms with E-state index in [0.29, 0.717) is 6.61 Å². The predicted molar refractivity (Wildman–Crippen MR) is 56.4 cm³/mol. The Kier molecular flexibility index (Phi) is 2.30. The SMILES string of the molecule is COCc1c(C)oc2cc(C)ccc12. The third-order valence-electron chi connectivity index (χ3n) is 2.44. The summed E-state index contributed by atoms with van der Waals surface area (Å²) in [6, 6.07) is 6.24. The fourth-order valence-electron chi connectivity index (χ4n) is 1.70. The van der Waals surface area contributed by atoms with E-state index in [2.05, 4.69) is 25.1 Å². The molecule has 0 atom stereocenters. The summed E-state index contributed by atoms with van der Waals surface area (Å²) in [4.78, 5) is 0. The zero-order valence-electron chi connectivity index (χ0n) is 8.76. The third-order valence-corrected chi connectivity index (χ3v) is 2.44. The van der Waals surface area contributed by atoms with Crippen LogP contribution in [0, 0.1) is 13.8 Å². The van der Waals surface area contributed by atoms with Gasteiger partial charge >= 0.3 is 0 Å². The maximum Gasteiger partial charge on any atom is 0.134 e. The molecule has 2 heteroatoms. The average molecular weight is 190 g/mol. The van der Waals surface area contributed by atoms with E-state index in [0.717, 1.165) is 22.3 Å². The van der Waals surface area contributed by atoms with E-state index >= 15 is 0 Å². The van der Waals surface area contributed by atoms with E-state index in [-0.39, 0.29) is 0 Å². The Balaban J connectivity index is 2.64. The molecule has 1 heterocycles. The molecular formula is C12H14O2. The van der Waals surface area contributed by atoms with Crippen molar-refractivity contribution < 1.29 is 9.15 Å². The van der Waals surface area contributed by atoms with Gasteiger partial charge in [-0.25, -0.2) is 0 Å². The molecule has 2 aromatic rings. The van der Waals surface area contributed by atoms with Gasteiger partial charge in [0.1, 0.15) is 11.3 Å². The quantitative estimate of drug-likeness (QED) is 0.725. The van der Waals surface area contributed by atoms with Crippen LogP contribution in [0.15, 0.2) is 22.6 Å². The maximum absolute atomic E-state index is 5.65. The van der Waals surface area contributed by atoms with Crippen molar-refractivity contribution in [3.05, 3.63) is 35.1 Å². The number of rotatable bonds is 2. The zero-order valence-corrected chi connectivity index (χ0v) is 8.76. The summed E-state index contributed by atoms with van der Waals surface area (Å²) < 4.78 is 10.8. The van der Waals surface area contributed by atoms with Crippen molar-refractivity contribution >= 4 is 11.0 Å². The number of furan rings is 1. The summed E-state index contributed by atoms with van der Waals surface area (Å²) in [5.74, 6) is 0.951. The molecule has 1 aromatic heterocycles. The molecule has 0 N–H and O–H groups in total. The maximum atomic E-state index is 5.65. The Morgan fingerprint density at radius 3 is 2.79 bits per heavy atom. The number of hydrogen-bond acceptors (Lipinski definition) is 2. The Morgan fingerprint density at radius 1 is 1.29 bits per heavy atom. The van der Waals surface area contributed by atoms with Crippen molar-refractivity contribution in [1.82, 2.24) is 0 Å². The number of aryl methyl sites for hydroxylation is 2. The van der Waals surface area contributed by atoms with E-state index in [1.807, 2.05) is 6.92 Å². The highest BCUT2D eigenvalue weighted by Crippen LogP contribution is 2.26. The lowest BCUT2D eigenvalue weighted by molar-refractivity contribution is 0.184. The first-order chi connectivity index (χ1) is 6.72. The standard InChI is InChI=1S/C12H14O2/c1-8-4-5-10-11(7-13-3)9(2)14-12(10)6-8/h4-6H,7H2,1-3H3. The lowest BCUT2D eigenvalue weighted by atomic mass is 10.1. The minimum Gasteiger partial charge on any atom is -0.461 e. The first-order valence-electron chi connectivity index (χ1n) is 4.70. The van der Waals surface area contributed by atoms with Gasteiger partial charge in [0.05, 0.1) is 6.61 Å². The monoisotopic (exact) mass is 190 g/mol. The van der Waals surface area contributed by atoms with Crippen LogP contribution < -0.4 is 0 Å². The van der Waals surface area contributed by atoms with Crippen LogP contribution in [0.5, 0.6) is 0 Å². The lowest BCUT2D eigenvalue weighted by Crippen LogP contribution is -1.87. The highest BCUT2D eigenvalue weighted by Gasteiger charge is 2.09. The van der Waals surface area contributed by atoms with Gasteiger partial charge in [-0.15, -0.1) is 0 Å². The molecule has 0 aliphatic rings. The smallest absolute Gasteiger partial charge is 0.134 e. The van der Waals surface area contributed by atoms with E-state index in [4.69, 9.17) is 9.15 Å². The fourth-order valence-corrected chi connectivity index (χ4v) is 1.70. The minimum absolute atomic E-state index is 0.613. The van der Waals surface area contributed by atoms with Crippen LogP contribution in [0.1, 0.15) is 16.9 Å². The van der Waals surface area contributed by atoms with Crippen LogP contribution in [0.2, 0.25) is 0 Å². The molecule has 2 nitrogen and oxygen atoms in total. The highest BCUT2D eigenvalue weighted by molar-refractivity contribution is 5.82. The zero-order chi connectivity index (χ0) is 10.1. The van der Waals surface area contributed by atoms with Gasteiger partial charge in [-0.1, -0.05) is 12.1 Å². The van der Waals surface area contributed by atoms with E-state index in [9.17, 15) is 0 Å². The molecule has 0 aliphatic carbocycles. The number of ether oxygens (including phenoxy) is 1. The van der Waals surface area contributed by atoms with Crippen LogP contribution in [0.4, 0.5) is 0 Å². The molecule has 0 saturated carbocycles. The molecule has 0 radical (unpaired) electrons. The summed E-state index contributed by atoms with van der Waals surface area (Å²) in [5.41, 5.74) is 3.33. The summed E-state index contributed by atoms with van der Waals surface area (Å²) in [5, 5.41) is 1.16. The van der Waals surface area contributed by atoms with Gasteiger partial charge in [0, 0.05) is 18.1 Å². The van der Waals surface area contributed by atoms with E-state index in [1.54, 1.807) is 7.11 Å². The van der Waals surface area contributed by atoms with Crippen LogP contribution in [-0.4, -0.2) is 7.11 Å². The first-order valence-corrected chi connectivity index (χ1v) is 4.70. The fraction of sp³-hybridized carbons (Fsp3) is 0.333. The van der Waals surface area contributed by atoms with Gasteiger partial charge in [-0.05, 0) is 25.5 Å². The molecule has 0 fully saturated rings.